The lowest BCUT2D eigenvalue weighted by Gasteiger charge is -2.10. The molecule has 142 valence electrons. The third kappa shape index (κ3) is 5.81. The van der Waals surface area contributed by atoms with E-state index in [2.05, 4.69) is 17.5 Å². The van der Waals surface area contributed by atoms with Crippen molar-refractivity contribution in [2.75, 3.05) is 13.7 Å². The fraction of sp³-hybridized carbons (Fsp3) is 0.263. The van der Waals surface area contributed by atoms with Gasteiger partial charge in [0.1, 0.15) is 0 Å². The van der Waals surface area contributed by atoms with Crippen molar-refractivity contribution in [1.82, 2.24) is 5.43 Å². The summed E-state index contributed by atoms with van der Waals surface area (Å²) < 4.78 is 11.0. The van der Waals surface area contributed by atoms with E-state index in [1.807, 2.05) is 0 Å². The number of carbonyl (C=O) groups is 1. The average molecular weight is 371 g/mol. The number of non-ortho nitro benzene ring substituents is 1. The molecule has 1 amide bonds. The van der Waals surface area contributed by atoms with E-state index in [4.69, 9.17) is 9.47 Å². The molecule has 2 rings (SSSR count). The molecule has 27 heavy (non-hydrogen) atoms. The van der Waals surface area contributed by atoms with Crippen molar-refractivity contribution in [3.05, 3.63) is 63.7 Å². The molecule has 0 saturated carbocycles. The van der Waals surface area contributed by atoms with Gasteiger partial charge in [-0.3, -0.25) is 14.9 Å². The van der Waals surface area contributed by atoms with Crippen LogP contribution in [0.1, 0.15) is 35.7 Å². The van der Waals surface area contributed by atoms with Crippen molar-refractivity contribution in [3.63, 3.8) is 0 Å². The highest BCUT2D eigenvalue weighted by Gasteiger charge is 2.09. The normalized spacial score (nSPS) is 10.6. The maximum Gasteiger partial charge on any atom is 0.271 e. The summed E-state index contributed by atoms with van der Waals surface area (Å²) in [5.41, 5.74) is 3.29. The molecule has 0 radical (unpaired) electrons. The zero-order valence-electron chi connectivity index (χ0n) is 15.2. The predicted molar refractivity (Wildman–Crippen MR) is 102 cm³/mol. The van der Waals surface area contributed by atoms with Crippen LogP contribution in [0.25, 0.3) is 0 Å². The Hall–Kier alpha value is -3.42. The maximum atomic E-state index is 12.0. The Morgan fingerprint density at radius 2 is 1.96 bits per heavy atom. The van der Waals surface area contributed by atoms with Crippen LogP contribution in [0.2, 0.25) is 0 Å². The minimum Gasteiger partial charge on any atom is -0.493 e. The van der Waals surface area contributed by atoms with Gasteiger partial charge in [-0.05, 0) is 42.3 Å². The molecule has 0 aliphatic carbocycles. The lowest BCUT2D eigenvalue weighted by molar-refractivity contribution is -0.384. The summed E-state index contributed by atoms with van der Waals surface area (Å²) in [6.45, 7) is 2.71. The first-order valence-electron chi connectivity index (χ1n) is 8.44. The molecule has 0 bridgehead atoms. The number of methoxy groups -OCH3 is 1. The van der Waals surface area contributed by atoms with Crippen molar-refractivity contribution < 1.29 is 19.2 Å². The lowest BCUT2D eigenvalue weighted by Crippen LogP contribution is -2.17. The predicted octanol–water partition coefficient (Wildman–Crippen LogP) is 3.55. The first-order valence-corrected chi connectivity index (χ1v) is 8.44. The number of unbranched alkanes of at least 4 members (excludes halogenated alkanes) is 1. The van der Waals surface area contributed by atoms with Gasteiger partial charge >= 0.3 is 0 Å². The second kappa shape index (κ2) is 9.91. The van der Waals surface area contributed by atoms with Crippen molar-refractivity contribution in [3.8, 4) is 11.5 Å². The first-order chi connectivity index (χ1) is 13.0. The van der Waals surface area contributed by atoms with Crippen LogP contribution >= 0.6 is 0 Å². The van der Waals surface area contributed by atoms with Gasteiger partial charge < -0.3 is 9.47 Å². The summed E-state index contributed by atoms with van der Waals surface area (Å²) in [5.74, 6) is 0.766. The number of hydrogen-bond donors (Lipinski definition) is 1. The van der Waals surface area contributed by atoms with Crippen LogP contribution in [0, 0.1) is 10.1 Å². The van der Waals surface area contributed by atoms with Gasteiger partial charge in [0.25, 0.3) is 11.6 Å². The summed E-state index contributed by atoms with van der Waals surface area (Å²) in [5, 5.41) is 14.5. The van der Waals surface area contributed by atoms with Crippen LogP contribution in [-0.2, 0) is 0 Å². The van der Waals surface area contributed by atoms with Crippen molar-refractivity contribution >= 4 is 17.8 Å². The largest absolute Gasteiger partial charge is 0.493 e. The third-order valence-electron chi connectivity index (χ3n) is 3.66. The summed E-state index contributed by atoms with van der Waals surface area (Å²) in [6, 6.07) is 10.6. The van der Waals surface area contributed by atoms with Crippen LogP contribution in [0.4, 0.5) is 5.69 Å². The molecule has 2 aromatic rings. The molecule has 0 unspecified atom stereocenters. The van der Waals surface area contributed by atoms with Crippen LogP contribution in [0.3, 0.4) is 0 Å². The van der Waals surface area contributed by atoms with E-state index in [1.54, 1.807) is 25.3 Å². The number of nitrogens with one attached hydrogen (secondary N) is 1. The van der Waals surface area contributed by atoms with E-state index >= 15 is 0 Å². The van der Waals surface area contributed by atoms with E-state index in [0.29, 0.717) is 18.1 Å². The van der Waals surface area contributed by atoms with E-state index in [1.165, 1.54) is 30.5 Å². The number of nitro groups is 1. The van der Waals surface area contributed by atoms with Gasteiger partial charge in [-0.2, -0.15) is 5.10 Å². The molecule has 2 aromatic carbocycles. The molecular formula is C19H21N3O5. The van der Waals surface area contributed by atoms with Gasteiger partial charge in [0, 0.05) is 17.7 Å². The number of hydrazone groups is 1. The smallest absolute Gasteiger partial charge is 0.271 e. The number of hydrogen-bond acceptors (Lipinski definition) is 6. The van der Waals surface area contributed by atoms with Crippen molar-refractivity contribution in [2.45, 2.75) is 19.8 Å². The highest BCUT2D eigenvalue weighted by atomic mass is 16.6. The molecule has 0 aliphatic rings. The van der Waals surface area contributed by atoms with Gasteiger partial charge in [0.2, 0.25) is 0 Å². The molecular weight excluding hydrogens is 350 g/mol. The van der Waals surface area contributed by atoms with E-state index in [9.17, 15) is 14.9 Å². The van der Waals surface area contributed by atoms with Crippen molar-refractivity contribution in [1.29, 1.82) is 0 Å². The Kier molecular flexibility index (Phi) is 7.30. The third-order valence-corrected chi connectivity index (χ3v) is 3.66. The minimum atomic E-state index is -0.525. The van der Waals surface area contributed by atoms with Gasteiger partial charge in [-0.15, -0.1) is 0 Å². The van der Waals surface area contributed by atoms with Crippen LogP contribution in [0.15, 0.2) is 47.6 Å². The van der Waals surface area contributed by atoms with Gasteiger partial charge in [0.15, 0.2) is 11.5 Å². The Morgan fingerprint density at radius 1 is 1.22 bits per heavy atom. The summed E-state index contributed by atoms with van der Waals surface area (Å²) in [7, 11) is 1.55. The molecule has 0 saturated heterocycles. The zero-order chi connectivity index (χ0) is 19.6. The minimum absolute atomic E-state index is 0.0802. The number of benzene rings is 2. The average Bonchev–Trinajstić information content (AvgIpc) is 2.68. The molecule has 0 aromatic heterocycles. The van der Waals surface area contributed by atoms with Crippen LogP contribution in [0.5, 0.6) is 11.5 Å². The molecule has 0 heterocycles. The Morgan fingerprint density at radius 3 is 2.59 bits per heavy atom. The quantitative estimate of drug-likeness (QED) is 0.314. The first kappa shape index (κ1) is 19.9. The number of rotatable bonds is 9. The highest BCUT2D eigenvalue weighted by Crippen LogP contribution is 2.27. The summed E-state index contributed by atoms with van der Waals surface area (Å²) in [4.78, 5) is 22.1. The topological polar surface area (TPSA) is 103 Å². The van der Waals surface area contributed by atoms with Gasteiger partial charge in [-0.25, -0.2) is 5.43 Å². The monoisotopic (exact) mass is 371 g/mol. The summed E-state index contributed by atoms with van der Waals surface area (Å²) >= 11 is 0. The molecule has 0 spiro atoms. The van der Waals surface area contributed by atoms with E-state index in [0.717, 1.165) is 18.4 Å². The Labute approximate surface area is 157 Å². The molecule has 1 N–H and O–H groups in total. The molecule has 8 heteroatoms. The summed E-state index contributed by atoms with van der Waals surface area (Å²) in [6.07, 6.45) is 3.48. The fourth-order valence-electron chi connectivity index (χ4n) is 2.17. The Bertz CT molecular complexity index is 819. The van der Waals surface area contributed by atoms with Gasteiger partial charge in [0.05, 0.1) is 24.9 Å². The molecule has 0 aliphatic heterocycles. The standard InChI is InChI=1S/C19H21N3O5/c1-3-4-11-27-17-10-5-14(12-18(17)26-2)13-20-21-19(23)15-6-8-16(9-7-15)22(24)25/h5-10,12-13H,3-4,11H2,1-2H3,(H,21,23)/b20-13+. The van der Waals surface area contributed by atoms with E-state index < -0.39 is 10.8 Å². The molecule has 0 atom stereocenters. The number of amides is 1. The molecule has 8 nitrogen and oxygen atoms in total. The zero-order valence-corrected chi connectivity index (χ0v) is 15.2. The Balaban J connectivity index is 1.98. The number of carbonyl (C=O) groups excluding carboxylic acids is 1. The fourth-order valence-corrected chi connectivity index (χ4v) is 2.17. The number of nitrogens with zero attached hydrogens (tertiary/aromatic N) is 2. The lowest BCUT2D eigenvalue weighted by atomic mass is 10.2. The SMILES string of the molecule is CCCCOc1ccc(/C=N/NC(=O)c2ccc([N+](=O)[O-])cc2)cc1OC. The van der Waals surface area contributed by atoms with Crippen LogP contribution in [-0.4, -0.2) is 30.8 Å². The molecule has 0 fully saturated rings. The van der Waals surface area contributed by atoms with Gasteiger partial charge in [-0.1, -0.05) is 13.3 Å². The maximum absolute atomic E-state index is 12.0. The highest BCUT2D eigenvalue weighted by molar-refractivity contribution is 5.95. The van der Waals surface area contributed by atoms with Crippen LogP contribution < -0.4 is 14.9 Å². The van der Waals surface area contributed by atoms with Crippen molar-refractivity contribution in [2.24, 2.45) is 5.10 Å². The number of nitro benzene ring substituents is 1. The second-order valence-electron chi connectivity index (χ2n) is 5.62. The number of ether oxygens (including phenoxy) is 2. The second-order valence-corrected chi connectivity index (χ2v) is 5.62. The van der Waals surface area contributed by atoms with E-state index in [-0.39, 0.29) is 11.3 Å².